The molecular weight excluding hydrogens is 320 g/mol. The van der Waals surface area contributed by atoms with Crippen LogP contribution < -0.4 is 0 Å². The highest BCUT2D eigenvalue weighted by Gasteiger charge is 2.50. The Bertz CT molecular complexity index is 491. The fourth-order valence-electron chi connectivity index (χ4n) is 3.73. The molecule has 0 spiro atoms. The lowest BCUT2D eigenvalue weighted by Gasteiger charge is -2.42. The second-order valence-corrected chi connectivity index (χ2v) is 9.80. The summed E-state index contributed by atoms with van der Waals surface area (Å²) in [5.74, 6) is -0.578. The average molecular weight is 354 g/mol. The molecule has 5 nitrogen and oxygen atoms in total. The molecule has 25 heavy (non-hydrogen) atoms. The minimum absolute atomic E-state index is 0.0274. The average Bonchev–Trinajstić information content (AvgIpc) is 2.91. The maximum Gasteiger partial charge on any atom is 0.310 e. The third kappa shape index (κ3) is 5.19. The monoisotopic (exact) mass is 354 g/mol. The molecule has 0 saturated carbocycles. The minimum Gasteiger partial charge on any atom is -0.458 e. The fourth-order valence-corrected chi connectivity index (χ4v) is 3.73. The van der Waals surface area contributed by atoms with Gasteiger partial charge in [-0.1, -0.05) is 41.5 Å². The van der Waals surface area contributed by atoms with Gasteiger partial charge >= 0.3 is 11.9 Å². The molecule has 2 aliphatic heterocycles. The minimum atomic E-state index is -0.733. The summed E-state index contributed by atoms with van der Waals surface area (Å²) in [6.45, 7) is 13.7. The van der Waals surface area contributed by atoms with Crippen LogP contribution in [0.15, 0.2) is 0 Å². The lowest BCUT2D eigenvalue weighted by molar-refractivity contribution is -0.201. The Kier molecular flexibility index (Phi) is 5.87. The molecule has 0 bridgehead atoms. The first-order chi connectivity index (χ1) is 11.4. The summed E-state index contributed by atoms with van der Waals surface area (Å²) in [5, 5.41) is 0. The summed E-state index contributed by atoms with van der Waals surface area (Å²) in [7, 11) is 0. The summed E-state index contributed by atoms with van der Waals surface area (Å²) in [6, 6.07) is 0. The molecule has 5 heteroatoms. The second kappa shape index (κ2) is 7.26. The Morgan fingerprint density at radius 3 is 2.24 bits per heavy atom. The van der Waals surface area contributed by atoms with Crippen LogP contribution in [0.5, 0.6) is 0 Å². The molecule has 2 saturated heterocycles. The molecule has 0 N–H and O–H groups in total. The molecule has 144 valence electrons. The van der Waals surface area contributed by atoms with Gasteiger partial charge in [-0.25, -0.2) is 0 Å². The molecule has 2 heterocycles. The molecule has 2 aliphatic rings. The predicted octanol–water partition coefficient (Wildman–Crippen LogP) is 3.88. The third-order valence-corrected chi connectivity index (χ3v) is 5.26. The number of hydrogen-bond donors (Lipinski definition) is 0. The van der Waals surface area contributed by atoms with E-state index < -0.39 is 5.60 Å². The van der Waals surface area contributed by atoms with E-state index in [0.29, 0.717) is 38.9 Å². The topological polar surface area (TPSA) is 61.8 Å². The summed E-state index contributed by atoms with van der Waals surface area (Å²) in [4.78, 5) is 24.8. The number of cyclic esters (lactones) is 1. The zero-order valence-corrected chi connectivity index (χ0v) is 16.6. The second-order valence-electron chi connectivity index (χ2n) is 9.80. The normalized spacial score (nSPS) is 25.4. The van der Waals surface area contributed by atoms with E-state index in [9.17, 15) is 9.59 Å². The van der Waals surface area contributed by atoms with Gasteiger partial charge in [-0.15, -0.1) is 0 Å². The molecule has 2 atom stereocenters. The van der Waals surface area contributed by atoms with Crippen molar-refractivity contribution in [1.29, 1.82) is 0 Å². The molecule has 0 amide bonds. The van der Waals surface area contributed by atoms with Gasteiger partial charge in [0, 0.05) is 19.3 Å². The Labute approximate surface area is 151 Å². The van der Waals surface area contributed by atoms with Crippen molar-refractivity contribution in [3.05, 3.63) is 0 Å². The van der Waals surface area contributed by atoms with Gasteiger partial charge in [0.2, 0.25) is 0 Å². The molecule has 0 aromatic rings. The van der Waals surface area contributed by atoms with Crippen molar-refractivity contribution < 1.29 is 23.8 Å². The van der Waals surface area contributed by atoms with Gasteiger partial charge in [-0.2, -0.15) is 0 Å². The van der Waals surface area contributed by atoms with Crippen molar-refractivity contribution in [2.24, 2.45) is 16.7 Å². The van der Waals surface area contributed by atoms with Crippen LogP contribution in [-0.2, 0) is 23.8 Å². The van der Waals surface area contributed by atoms with Crippen molar-refractivity contribution in [3.63, 3.8) is 0 Å². The van der Waals surface area contributed by atoms with Crippen molar-refractivity contribution in [1.82, 2.24) is 0 Å². The molecule has 2 rings (SSSR count). The predicted molar refractivity (Wildman–Crippen MR) is 95.0 cm³/mol. The first-order valence-corrected chi connectivity index (χ1v) is 9.43. The van der Waals surface area contributed by atoms with Crippen LogP contribution in [-0.4, -0.2) is 36.9 Å². The zero-order chi connectivity index (χ0) is 18.9. The lowest BCUT2D eigenvalue weighted by Crippen LogP contribution is -2.52. The standard InChI is InChI=1S/C20H34O5/c1-18(2,3)13-14(19(4,5)6)17(22)25-20(9-11-23-12-10-20)15-7-8-16(21)24-15/h14-15H,7-13H2,1-6H3. The fraction of sp³-hybridized carbons (Fsp3) is 0.900. The van der Waals surface area contributed by atoms with Crippen LogP contribution in [0.2, 0.25) is 0 Å². The van der Waals surface area contributed by atoms with Crippen molar-refractivity contribution >= 4 is 11.9 Å². The smallest absolute Gasteiger partial charge is 0.310 e. The highest BCUT2D eigenvalue weighted by Crippen LogP contribution is 2.41. The van der Waals surface area contributed by atoms with Crippen LogP contribution in [0.1, 0.15) is 73.6 Å². The van der Waals surface area contributed by atoms with Crippen LogP contribution in [0.3, 0.4) is 0 Å². The van der Waals surface area contributed by atoms with Gasteiger partial charge in [0.1, 0.15) is 6.10 Å². The van der Waals surface area contributed by atoms with Gasteiger partial charge in [-0.05, 0) is 23.7 Å². The highest BCUT2D eigenvalue weighted by molar-refractivity contribution is 5.75. The Morgan fingerprint density at radius 1 is 1.20 bits per heavy atom. The number of rotatable bonds is 4. The third-order valence-electron chi connectivity index (χ3n) is 5.26. The number of carbonyl (C=O) groups is 2. The quantitative estimate of drug-likeness (QED) is 0.717. The maximum atomic E-state index is 13.2. The van der Waals surface area contributed by atoms with Crippen molar-refractivity contribution in [3.8, 4) is 0 Å². The summed E-state index contributed by atoms with van der Waals surface area (Å²) in [5.41, 5.74) is -0.897. The number of hydrogen-bond acceptors (Lipinski definition) is 5. The first kappa shape index (κ1) is 20.2. The van der Waals surface area contributed by atoms with E-state index in [2.05, 4.69) is 41.5 Å². The summed E-state index contributed by atoms with van der Waals surface area (Å²) >= 11 is 0. The van der Waals surface area contributed by atoms with Gasteiger partial charge in [0.05, 0.1) is 19.1 Å². The van der Waals surface area contributed by atoms with Crippen LogP contribution in [0.25, 0.3) is 0 Å². The number of esters is 2. The van der Waals surface area contributed by atoms with E-state index in [1.54, 1.807) is 0 Å². The van der Waals surface area contributed by atoms with E-state index in [4.69, 9.17) is 14.2 Å². The SMILES string of the molecule is CC(C)(C)CC(C(=O)OC1(C2CCC(=O)O2)CCOCC1)C(C)(C)C. The Hall–Kier alpha value is -1.10. The van der Waals surface area contributed by atoms with Crippen LogP contribution in [0, 0.1) is 16.7 Å². The van der Waals surface area contributed by atoms with Crippen LogP contribution >= 0.6 is 0 Å². The number of carbonyl (C=O) groups excluding carboxylic acids is 2. The Morgan fingerprint density at radius 2 is 1.80 bits per heavy atom. The van der Waals surface area contributed by atoms with Gasteiger partial charge in [-0.3, -0.25) is 9.59 Å². The van der Waals surface area contributed by atoms with Crippen molar-refractivity contribution in [2.75, 3.05) is 13.2 Å². The molecule has 0 aromatic carbocycles. The van der Waals surface area contributed by atoms with Crippen LogP contribution in [0.4, 0.5) is 0 Å². The van der Waals surface area contributed by atoms with E-state index in [1.807, 2.05) is 0 Å². The maximum absolute atomic E-state index is 13.2. The van der Waals surface area contributed by atoms with Crippen molar-refractivity contribution in [2.45, 2.75) is 85.4 Å². The van der Waals surface area contributed by atoms with E-state index >= 15 is 0 Å². The highest BCUT2D eigenvalue weighted by atomic mass is 16.6. The molecule has 0 radical (unpaired) electrons. The van der Waals surface area contributed by atoms with E-state index in [-0.39, 0.29) is 34.8 Å². The van der Waals surface area contributed by atoms with Gasteiger partial charge in [0.25, 0.3) is 0 Å². The summed E-state index contributed by atoms with van der Waals surface area (Å²) in [6.07, 6.45) is 2.60. The zero-order valence-electron chi connectivity index (χ0n) is 16.6. The first-order valence-electron chi connectivity index (χ1n) is 9.43. The summed E-state index contributed by atoms with van der Waals surface area (Å²) < 4.78 is 17.1. The number of ether oxygens (including phenoxy) is 3. The largest absolute Gasteiger partial charge is 0.458 e. The Balaban J connectivity index is 2.21. The van der Waals surface area contributed by atoms with E-state index in [0.717, 1.165) is 6.42 Å². The van der Waals surface area contributed by atoms with Gasteiger partial charge < -0.3 is 14.2 Å². The molecule has 2 unspecified atom stereocenters. The van der Waals surface area contributed by atoms with E-state index in [1.165, 1.54) is 0 Å². The van der Waals surface area contributed by atoms with Gasteiger partial charge in [0.15, 0.2) is 5.60 Å². The lowest BCUT2D eigenvalue weighted by atomic mass is 9.72. The molecule has 0 aliphatic carbocycles. The molecular formula is C20H34O5. The molecule has 2 fully saturated rings. The molecule has 0 aromatic heterocycles.